The first-order valence-electron chi connectivity index (χ1n) is 6.72. The van der Waals surface area contributed by atoms with Crippen LogP contribution in [-0.4, -0.2) is 28.7 Å². The van der Waals surface area contributed by atoms with Crippen LogP contribution in [0.25, 0.3) is 0 Å². The van der Waals surface area contributed by atoms with Gasteiger partial charge in [0.15, 0.2) is 0 Å². The van der Waals surface area contributed by atoms with Gasteiger partial charge in [0.25, 0.3) is 0 Å². The second-order valence-corrected chi connectivity index (χ2v) is 5.78. The fourth-order valence-electron chi connectivity index (χ4n) is 2.21. The molecule has 0 radical (unpaired) electrons. The minimum Gasteiger partial charge on any atom is -0.339 e. The van der Waals surface area contributed by atoms with Crippen molar-refractivity contribution in [2.24, 2.45) is 0 Å². The minimum absolute atomic E-state index is 0.190. The molecule has 0 heterocycles. The average Bonchev–Trinajstić information content (AvgIpc) is 2.41. The van der Waals surface area contributed by atoms with E-state index >= 15 is 0 Å². The quantitative estimate of drug-likeness (QED) is 0.674. The molecule has 0 bridgehead atoms. The van der Waals surface area contributed by atoms with Crippen molar-refractivity contribution in [3.05, 3.63) is 34.9 Å². The molecular weight excluding hydrogens is 326 g/mol. The van der Waals surface area contributed by atoms with E-state index in [0.717, 1.165) is 30.3 Å². The second kappa shape index (κ2) is 8.60. The lowest BCUT2D eigenvalue weighted by Gasteiger charge is -2.30. The molecule has 0 N–H and O–H groups in total. The summed E-state index contributed by atoms with van der Waals surface area (Å²) in [4.78, 5) is 14.4. The molecule has 0 atom stereocenters. The molecule has 2 nitrogen and oxygen atoms in total. The summed E-state index contributed by atoms with van der Waals surface area (Å²) in [5.74, 6) is 0.190. The zero-order valence-electron chi connectivity index (χ0n) is 11.5. The largest absolute Gasteiger partial charge is 0.339 e. The fourth-order valence-corrected chi connectivity index (χ4v) is 2.72. The highest BCUT2D eigenvalue weighted by Crippen LogP contribution is 2.14. The number of amides is 1. The van der Waals surface area contributed by atoms with Crippen LogP contribution in [0.4, 0.5) is 0 Å². The third-order valence-electron chi connectivity index (χ3n) is 3.30. The highest BCUT2D eigenvalue weighted by atomic mass is 79.9. The van der Waals surface area contributed by atoms with E-state index in [9.17, 15) is 4.79 Å². The first kappa shape index (κ1) is 16.5. The van der Waals surface area contributed by atoms with Crippen LogP contribution in [0.2, 0.25) is 5.02 Å². The minimum atomic E-state index is 0.190. The number of carbonyl (C=O) groups is 1. The van der Waals surface area contributed by atoms with E-state index in [1.165, 1.54) is 0 Å². The van der Waals surface area contributed by atoms with Gasteiger partial charge in [0.05, 0.1) is 6.42 Å². The molecule has 0 saturated carbocycles. The zero-order chi connectivity index (χ0) is 14.3. The number of carbonyl (C=O) groups excluding carboxylic acids is 1. The maximum absolute atomic E-state index is 12.4. The number of benzene rings is 1. The lowest BCUT2D eigenvalue weighted by molar-refractivity contribution is -0.132. The van der Waals surface area contributed by atoms with Crippen LogP contribution in [0.5, 0.6) is 0 Å². The van der Waals surface area contributed by atoms with Crippen molar-refractivity contribution >= 4 is 33.4 Å². The summed E-state index contributed by atoms with van der Waals surface area (Å²) in [6.45, 7) is 5.02. The number of alkyl halides is 1. The molecule has 0 aliphatic carbocycles. The molecule has 0 fully saturated rings. The number of nitrogens with zero attached hydrogens (tertiary/aromatic N) is 1. The Labute approximate surface area is 129 Å². The van der Waals surface area contributed by atoms with Gasteiger partial charge >= 0.3 is 0 Å². The van der Waals surface area contributed by atoms with Crippen LogP contribution >= 0.6 is 27.5 Å². The zero-order valence-corrected chi connectivity index (χ0v) is 13.9. The molecule has 1 aromatic rings. The molecule has 0 aromatic heterocycles. The Balaban J connectivity index is 2.73. The Hall–Kier alpha value is -0.540. The third kappa shape index (κ3) is 5.15. The van der Waals surface area contributed by atoms with Gasteiger partial charge in [-0.3, -0.25) is 4.79 Å². The molecule has 0 saturated heterocycles. The van der Waals surface area contributed by atoms with Gasteiger partial charge in [0.1, 0.15) is 0 Å². The summed E-state index contributed by atoms with van der Waals surface area (Å²) in [6, 6.07) is 7.82. The van der Waals surface area contributed by atoms with Crippen molar-refractivity contribution in [2.75, 3.05) is 11.9 Å². The summed E-state index contributed by atoms with van der Waals surface area (Å²) in [5, 5.41) is 1.52. The SMILES string of the molecule is CCC(CC)N(CCBr)C(=O)Cc1ccc(Cl)cc1. The van der Waals surface area contributed by atoms with Gasteiger partial charge in [0.2, 0.25) is 5.91 Å². The maximum atomic E-state index is 12.4. The van der Waals surface area contributed by atoms with Crippen molar-refractivity contribution < 1.29 is 4.79 Å². The van der Waals surface area contributed by atoms with Crippen LogP contribution in [0.15, 0.2) is 24.3 Å². The highest BCUT2D eigenvalue weighted by Gasteiger charge is 2.20. The first-order chi connectivity index (χ1) is 9.12. The number of rotatable bonds is 7. The van der Waals surface area contributed by atoms with Crippen molar-refractivity contribution in [3.8, 4) is 0 Å². The predicted octanol–water partition coefficient (Wildman–Crippen LogP) is 4.29. The summed E-state index contributed by atoms with van der Waals surface area (Å²) < 4.78 is 0. The number of hydrogen-bond acceptors (Lipinski definition) is 1. The van der Waals surface area contributed by atoms with E-state index in [-0.39, 0.29) is 5.91 Å². The van der Waals surface area contributed by atoms with E-state index in [4.69, 9.17) is 11.6 Å². The van der Waals surface area contributed by atoms with Crippen molar-refractivity contribution in [2.45, 2.75) is 39.2 Å². The Morgan fingerprint density at radius 2 is 1.84 bits per heavy atom. The van der Waals surface area contributed by atoms with Crippen LogP contribution < -0.4 is 0 Å². The van der Waals surface area contributed by atoms with Gasteiger partial charge in [-0.25, -0.2) is 0 Å². The molecule has 1 rings (SSSR count). The molecule has 0 aliphatic heterocycles. The third-order valence-corrected chi connectivity index (χ3v) is 3.90. The van der Waals surface area contributed by atoms with Gasteiger partial charge in [-0.1, -0.05) is 53.5 Å². The van der Waals surface area contributed by atoms with Crippen molar-refractivity contribution in [1.82, 2.24) is 4.90 Å². The summed E-state index contributed by atoms with van der Waals surface area (Å²) in [7, 11) is 0. The predicted molar refractivity (Wildman–Crippen MR) is 85.0 cm³/mol. The van der Waals surface area contributed by atoms with Crippen molar-refractivity contribution in [3.63, 3.8) is 0 Å². The van der Waals surface area contributed by atoms with Gasteiger partial charge in [-0.15, -0.1) is 0 Å². The molecule has 4 heteroatoms. The van der Waals surface area contributed by atoms with E-state index in [1.54, 1.807) is 0 Å². The Morgan fingerprint density at radius 3 is 2.32 bits per heavy atom. The lowest BCUT2D eigenvalue weighted by Crippen LogP contribution is -2.41. The number of halogens is 2. The van der Waals surface area contributed by atoms with Gasteiger partial charge in [-0.2, -0.15) is 0 Å². The van der Waals surface area contributed by atoms with Gasteiger partial charge in [-0.05, 0) is 30.5 Å². The Kier molecular flexibility index (Phi) is 7.47. The number of hydrogen-bond donors (Lipinski definition) is 0. The Morgan fingerprint density at radius 1 is 1.26 bits per heavy atom. The summed E-state index contributed by atoms with van der Waals surface area (Å²) in [5.41, 5.74) is 1.01. The fraction of sp³-hybridized carbons (Fsp3) is 0.533. The van der Waals surface area contributed by atoms with E-state index < -0.39 is 0 Å². The maximum Gasteiger partial charge on any atom is 0.227 e. The molecular formula is C15H21BrClNO. The van der Waals surface area contributed by atoms with E-state index in [1.807, 2.05) is 29.2 Å². The van der Waals surface area contributed by atoms with Crippen LogP contribution in [-0.2, 0) is 11.2 Å². The molecule has 1 amide bonds. The highest BCUT2D eigenvalue weighted by molar-refractivity contribution is 9.09. The summed E-state index contributed by atoms with van der Waals surface area (Å²) >= 11 is 9.28. The molecule has 19 heavy (non-hydrogen) atoms. The molecule has 0 unspecified atom stereocenters. The van der Waals surface area contributed by atoms with Crippen LogP contribution in [0.1, 0.15) is 32.3 Å². The lowest BCUT2D eigenvalue weighted by atomic mass is 10.1. The van der Waals surface area contributed by atoms with Crippen molar-refractivity contribution in [1.29, 1.82) is 0 Å². The van der Waals surface area contributed by atoms with Gasteiger partial charge < -0.3 is 4.90 Å². The second-order valence-electron chi connectivity index (χ2n) is 4.55. The topological polar surface area (TPSA) is 20.3 Å². The molecule has 106 valence electrons. The van der Waals surface area contributed by atoms with Gasteiger partial charge in [0, 0.05) is 22.9 Å². The molecule has 0 aliphatic rings. The first-order valence-corrected chi connectivity index (χ1v) is 8.22. The molecule has 0 spiro atoms. The van der Waals surface area contributed by atoms with E-state index in [2.05, 4.69) is 29.8 Å². The van der Waals surface area contributed by atoms with Crippen LogP contribution in [0.3, 0.4) is 0 Å². The normalized spacial score (nSPS) is 10.8. The molecule has 1 aromatic carbocycles. The van der Waals surface area contributed by atoms with E-state index in [0.29, 0.717) is 17.5 Å². The monoisotopic (exact) mass is 345 g/mol. The average molecular weight is 347 g/mol. The Bertz CT molecular complexity index is 390. The van der Waals surface area contributed by atoms with Crippen LogP contribution in [0, 0.1) is 0 Å². The standard InChI is InChI=1S/C15H21BrClNO/c1-3-14(4-2)18(10-9-16)15(19)11-12-5-7-13(17)8-6-12/h5-8,14H,3-4,9-11H2,1-2H3. The smallest absolute Gasteiger partial charge is 0.227 e. The summed E-state index contributed by atoms with van der Waals surface area (Å²) in [6.07, 6.45) is 2.44.